The number of amides is 3. The molecule has 1 aliphatic heterocycles. The van der Waals surface area contributed by atoms with Crippen LogP contribution in [0.15, 0.2) is 59.6 Å². The van der Waals surface area contributed by atoms with Gasteiger partial charge in [-0.15, -0.1) is 0 Å². The summed E-state index contributed by atoms with van der Waals surface area (Å²) in [6.45, 7) is 4.56. The van der Waals surface area contributed by atoms with Crippen molar-refractivity contribution in [1.29, 1.82) is 0 Å². The first kappa shape index (κ1) is 31.3. The predicted octanol–water partition coefficient (Wildman–Crippen LogP) is 4.77. The second-order valence-electron chi connectivity index (χ2n) is 11.8. The first-order valence-corrected chi connectivity index (χ1v) is 15.1. The summed E-state index contributed by atoms with van der Waals surface area (Å²) in [5, 5.41) is 6.11. The average Bonchev–Trinajstić information content (AvgIpc) is 3.74. The van der Waals surface area contributed by atoms with Gasteiger partial charge in [-0.25, -0.2) is 9.79 Å². The van der Waals surface area contributed by atoms with E-state index >= 15 is 0 Å². The van der Waals surface area contributed by atoms with Crippen molar-refractivity contribution in [3.63, 3.8) is 0 Å². The van der Waals surface area contributed by atoms with Gasteiger partial charge in [0.1, 0.15) is 6.04 Å². The lowest BCUT2D eigenvalue weighted by atomic mass is 9.82. The van der Waals surface area contributed by atoms with Crippen LogP contribution in [-0.2, 0) is 26.3 Å². The molecule has 2 aliphatic rings. The maximum Gasteiger partial charge on any atom is 0.407 e. The van der Waals surface area contributed by atoms with Gasteiger partial charge in [-0.05, 0) is 60.8 Å². The number of alkyl carbamates (subject to hydrolysis) is 1. The smallest absolute Gasteiger partial charge is 0.407 e. The van der Waals surface area contributed by atoms with E-state index in [2.05, 4.69) is 24.5 Å². The molecule has 4 rings (SSSR count). The quantitative estimate of drug-likeness (QED) is 0.271. The summed E-state index contributed by atoms with van der Waals surface area (Å²) in [7, 11) is 1.26. The van der Waals surface area contributed by atoms with Gasteiger partial charge in [0.05, 0.1) is 7.11 Å². The number of halogens is 1. The monoisotopic (exact) mass is 595 g/mol. The van der Waals surface area contributed by atoms with Crippen molar-refractivity contribution in [2.75, 3.05) is 13.7 Å². The van der Waals surface area contributed by atoms with Crippen molar-refractivity contribution < 1.29 is 19.1 Å². The summed E-state index contributed by atoms with van der Waals surface area (Å²) in [5.41, 5.74) is 7.16. The third-order valence-corrected chi connectivity index (χ3v) is 8.12. The third-order valence-electron chi connectivity index (χ3n) is 7.88. The minimum Gasteiger partial charge on any atom is -0.453 e. The number of rotatable bonds is 14. The van der Waals surface area contributed by atoms with Gasteiger partial charge in [0.25, 0.3) is 5.91 Å². The Labute approximate surface area is 253 Å². The Kier molecular flexibility index (Phi) is 10.5. The first-order chi connectivity index (χ1) is 20.1. The van der Waals surface area contributed by atoms with Crippen molar-refractivity contribution in [3.8, 4) is 0 Å². The zero-order valence-electron chi connectivity index (χ0n) is 24.6. The summed E-state index contributed by atoms with van der Waals surface area (Å²) in [6, 6.07) is 15.9. The molecule has 0 spiro atoms. The van der Waals surface area contributed by atoms with E-state index in [1.807, 2.05) is 36.4 Å². The first-order valence-electron chi connectivity index (χ1n) is 14.7. The largest absolute Gasteiger partial charge is 0.453 e. The SMILES string of the molecule is COC(=O)N[C@@H](Cc1cccc(Cl)c1)C(=O)NCCCC(CC1CC1)N1C(=O)C(CC(C)C)(c2ccccc2)N=C1N. The van der Waals surface area contributed by atoms with E-state index in [-0.39, 0.29) is 36.2 Å². The van der Waals surface area contributed by atoms with E-state index < -0.39 is 17.7 Å². The molecule has 2 unspecified atom stereocenters. The molecule has 3 amide bonds. The molecule has 0 radical (unpaired) electrons. The number of aliphatic imine (C=N–C) groups is 1. The minimum absolute atomic E-state index is 0.0709. The van der Waals surface area contributed by atoms with Gasteiger partial charge in [0, 0.05) is 24.0 Å². The fraction of sp³-hybridized carbons (Fsp3) is 0.500. The fourth-order valence-corrected chi connectivity index (χ4v) is 5.98. The van der Waals surface area contributed by atoms with Gasteiger partial charge in [-0.1, -0.05) is 80.8 Å². The van der Waals surface area contributed by atoms with E-state index in [9.17, 15) is 14.4 Å². The van der Waals surface area contributed by atoms with Crippen molar-refractivity contribution in [2.45, 2.75) is 76.4 Å². The molecule has 42 heavy (non-hydrogen) atoms. The molecular weight excluding hydrogens is 554 g/mol. The molecule has 1 fully saturated rings. The molecule has 1 aliphatic carbocycles. The number of guanidine groups is 1. The van der Waals surface area contributed by atoms with Crippen LogP contribution in [0.3, 0.4) is 0 Å². The van der Waals surface area contributed by atoms with Crippen LogP contribution in [0.2, 0.25) is 5.02 Å². The minimum atomic E-state index is -1.03. The number of hydrogen-bond acceptors (Lipinski definition) is 6. The van der Waals surface area contributed by atoms with Crippen molar-refractivity contribution in [2.24, 2.45) is 22.6 Å². The summed E-state index contributed by atoms with van der Waals surface area (Å²) < 4.78 is 4.73. The zero-order chi connectivity index (χ0) is 30.3. The number of carbonyl (C=O) groups is 3. The Morgan fingerprint density at radius 2 is 1.90 bits per heavy atom. The Hall–Kier alpha value is -3.59. The highest BCUT2D eigenvalue weighted by Crippen LogP contribution is 2.42. The lowest BCUT2D eigenvalue weighted by Crippen LogP contribution is -2.50. The number of nitrogens with two attached hydrogens (primary N) is 1. The van der Waals surface area contributed by atoms with Crippen LogP contribution in [0, 0.1) is 11.8 Å². The normalized spacial score (nSPS) is 19.8. The van der Waals surface area contributed by atoms with Gasteiger partial charge >= 0.3 is 6.09 Å². The molecule has 0 saturated heterocycles. The Bertz CT molecular complexity index is 1280. The molecule has 0 bridgehead atoms. The molecule has 1 saturated carbocycles. The molecular formula is C32H42ClN5O4. The highest BCUT2D eigenvalue weighted by atomic mass is 35.5. The molecule has 226 valence electrons. The van der Waals surface area contributed by atoms with Crippen LogP contribution in [0.25, 0.3) is 0 Å². The lowest BCUT2D eigenvalue weighted by Gasteiger charge is -2.32. The van der Waals surface area contributed by atoms with Crippen LogP contribution in [-0.4, -0.2) is 54.5 Å². The zero-order valence-corrected chi connectivity index (χ0v) is 25.4. The molecule has 9 nitrogen and oxygen atoms in total. The molecule has 0 aromatic heterocycles. The maximum absolute atomic E-state index is 14.2. The molecule has 2 aromatic carbocycles. The molecule has 3 atom stereocenters. The fourth-order valence-electron chi connectivity index (χ4n) is 5.77. The van der Waals surface area contributed by atoms with Crippen molar-refractivity contribution >= 4 is 35.5 Å². The van der Waals surface area contributed by atoms with E-state index in [0.29, 0.717) is 36.7 Å². The second-order valence-corrected chi connectivity index (χ2v) is 12.2. The number of benzene rings is 2. The number of nitrogens with zero attached hydrogens (tertiary/aromatic N) is 2. The van der Waals surface area contributed by atoms with Gasteiger partial charge in [-0.2, -0.15) is 0 Å². The van der Waals surface area contributed by atoms with Crippen molar-refractivity contribution in [3.05, 3.63) is 70.7 Å². The molecule has 10 heteroatoms. The topological polar surface area (TPSA) is 126 Å². The molecule has 4 N–H and O–H groups in total. The number of carbonyl (C=O) groups excluding carboxylic acids is 3. The Morgan fingerprint density at radius 1 is 1.17 bits per heavy atom. The van der Waals surface area contributed by atoms with Crippen LogP contribution in [0.4, 0.5) is 4.79 Å². The highest BCUT2D eigenvalue weighted by molar-refractivity contribution is 6.30. The van der Waals surface area contributed by atoms with Gasteiger partial charge in [0.2, 0.25) is 5.91 Å². The van der Waals surface area contributed by atoms with Crippen LogP contribution < -0.4 is 16.4 Å². The van der Waals surface area contributed by atoms with Gasteiger partial charge < -0.3 is 21.1 Å². The number of hydrogen-bond donors (Lipinski definition) is 3. The van der Waals surface area contributed by atoms with Crippen LogP contribution >= 0.6 is 11.6 Å². The predicted molar refractivity (Wildman–Crippen MR) is 164 cm³/mol. The molecule has 2 aromatic rings. The number of methoxy groups -OCH3 is 1. The van der Waals surface area contributed by atoms with Crippen LogP contribution in [0.1, 0.15) is 63.5 Å². The standard InChI is InChI=1S/C32H42ClN5O4/c1-21(2)20-32(24-10-5-4-6-11-24)29(40)38(30(34)37-32)26(18-22-14-15-22)13-8-16-35-28(39)27(36-31(41)42-3)19-23-9-7-12-25(33)17-23/h4-7,9-12,17,21-22,26-27H,8,13-16,18-20H2,1-3H3,(H2,34,37)(H,35,39)(H,36,41)/t26?,27-,32?/m0/s1. The summed E-state index contributed by atoms with van der Waals surface area (Å²) >= 11 is 6.11. The summed E-state index contributed by atoms with van der Waals surface area (Å²) in [5.74, 6) is 0.675. The summed E-state index contributed by atoms with van der Waals surface area (Å²) in [4.78, 5) is 45.8. The van der Waals surface area contributed by atoms with E-state index in [4.69, 9.17) is 27.1 Å². The van der Waals surface area contributed by atoms with E-state index in [1.165, 1.54) is 7.11 Å². The molecule has 1 heterocycles. The highest BCUT2D eigenvalue weighted by Gasteiger charge is 2.51. The Morgan fingerprint density at radius 3 is 2.55 bits per heavy atom. The Balaban J connectivity index is 1.42. The third kappa shape index (κ3) is 7.82. The average molecular weight is 596 g/mol. The van der Waals surface area contributed by atoms with E-state index in [1.54, 1.807) is 23.1 Å². The van der Waals surface area contributed by atoms with Gasteiger partial charge in [-0.3, -0.25) is 14.5 Å². The lowest BCUT2D eigenvalue weighted by molar-refractivity contribution is -0.134. The van der Waals surface area contributed by atoms with Crippen molar-refractivity contribution in [1.82, 2.24) is 15.5 Å². The number of nitrogens with one attached hydrogen (secondary N) is 2. The van der Waals surface area contributed by atoms with Gasteiger partial charge in [0.15, 0.2) is 11.5 Å². The number of ether oxygens (including phenoxy) is 1. The maximum atomic E-state index is 14.2. The second kappa shape index (κ2) is 14.1. The summed E-state index contributed by atoms with van der Waals surface area (Å²) in [6.07, 6.45) is 4.58. The van der Waals surface area contributed by atoms with E-state index in [0.717, 1.165) is 30.4 Å². The van der Waals surface area contributed by atoms with Crippen LogP contribution in [0.5, 0.6) is 0 Å².